The highest BCUT2D eigenvalue weighted by Crippen LogP contribution is 2.28. The Morgan fingerprint density at radius 1 is 1.09 bits per heavy atom. The second-order valence-corrected chi connectivity index (χ2v) is 5.03. The Morgan fingerprint density at radius 2 is 1.87 bits per heavy atom. The molecule has 1 aliphatic rings. The van der Waals surface area contributed by atoms with Crippen molar-refractivity contribution in [3.63, 3.8) is 0 Å². The van der Waals surface area contributed by atoms with E-state index in [0.717, 1.165) is 4.90 Å². The molecule has 6 heteroatoms. The summed E-state index contributed by atoms with van der Waals surface area (Å²) in [5.41, 5.74) is 1.17. The zero-order chi connectivity index (χ0) is 16.4. The van der Waals surface area contributed by atoms with Crippen LogP contribution in [0.15, 0.2) is 48.5 Å². The summed E-state index contributed by atoms with van der Waals surface area (Å²) in [5.74, 6) is -2.49. The van der Waals surface area contributed by atoms with E-state index in [1.807, 2.05) is 0 Å². The van der Waals surface area contributed by atoms with Gasteiger partial charge in [-0.25, -0.2) is 4.39 Å². The van der Waals surface area contributed by atoms with Crippen molar-refractivity contribution in [3.8, 4) is 0 Å². The molecule has 116 valence electrons. The number of halogens is 1. The first-order chi connectivity index (χ1) is 11.1. The fourth-order valence-electron chi connectivity index (χ4n) is 2.37. The number of anilines is 1. The SMILES string of the molecule is O=C(CN1C(=O)C(=O)c2ccccc21)OCc1cccc(F)c1. The van der Waals surface area contributed by atoms with Gasteiger partial charge in [0.05, 0.1) is 11.3 Å². The lowest BCUT2D eigenvalue weighted by Gasteiger charge is -2.15. The van der Waals surface area contributed by atoms with E-state index in [1.54, 1.807) is 24.3 Å². The second kappa shape index (κ2) is 6.00. The number of rotatable bonds is 4. The van der Waals surface area contributed by atoms with Gasteiger partial charge in [-0.3, -0.25) is 19.3 Å². The number of amides is 1. The summed E-state index contributed by atoms with van der Waals surface area (Å²) >= 11 is 0. The Balaban J connectivity index is 1.66. The molecule has 0 saturated carbocycles. The molecule has 23 heavy (non-hydrogen) atoms. The van der Waals surface area contributed by atoms with E-state index in [4.69, 9.17) is 4.74 Å². The third kappa shape index (κ3) is 2.96. The molecule has 0 fully saturated rings. The molecule has 0 spiro atoms. The van der Waals surface area contributed by atoms with Crippen LogP contribution in [0, 0.1) is 5.82 Å². The van der Waals surface area contributed by atoms with Crippen molar-refractivity contribution in [2.45, 2.75) is 6.61 Å². The molecule has 0 aliphatic carbocycles. The number of fused-ring (bicyclic) bond motifs is 1. The molecular weight excluding hydrogens is 301 g/mol. The standard InChI is InChI=1S/C17H12FNO4/c18-12-5-3-4-11(8-12)10-23-15(20)9-19-14-7-2-1-6-13(14)16(21)17(19)22/h1-8H,9-10H2. The van der Waals surface area contributed by atoms with Crippen LogP contribution in [-0.4, -0.2) is 24.2 Å². The van der Waals surface area contributed by atoms with Crippen molar-refractivity contribution in [3.05, 3.63) is 65.5 Å². The van der Waals surface area contributed by atoms with E-state index < -0.39 is 23.5 Å². The molecule has 3 rings (SSSR count). The van der Waals surface area contributed by atoms with Crippen LogP contribution < -0.4 is 4.90 Å². The Hall–Kier alpha value is -3.02. The molecule has 2 aromatic rings. The van der Waals surface area contributed by atoms with Crippen molar-refractivity contribution in [2.75, 3.05) is 11.4 Å². The van der Waals surface area contributed by atoms with Crippen LogP contribution in [0.4, 0.5) is 10.1 Å². The predicted molar refractivity (Wildman–Crippen MR) is 79.3 cm³/mol. The number of nitrogens with zero attached hydrogens (tertiary/aromatic N) is 1. The van der Waals surface area contributed by atoms with E-state index in [-0.39, 0.29) is 18.7 Å². The van der Waals surface area contributed by atoms with Gasteiger partial charge in [-0.15, -0.1) is 0 Å². The summed E-state index contributed by atoms with van der Waals surface area (Å²) in [5, 5.41) is 0. The lowest BCUT2D eigenvalue weighted by molar-refractivity contribution is -0.143. The van der Waals surface area contributed by atoms with E-state index in [2.05, 4.69) is 0 Å². The first kappa shape index (κ1) is 14.9. The third-order valence-electron chi connectivity index (χ3n) is 3.45. The minimum absolute atomic E-state index is 0.103. The van der Waals surface area contributed by atoms with E-state index >= 15 is 0 Å². The number of para-hydroxylation sites is 1. The number of carbonyl (C=O) groups excluding carboxylic acids is 3. The Labute approximate surface area is 131 Å². The third-order valence-corrected chi connectivity index (χ3v) is 3.45. The highest BCUT2D eigenvalue weighted by atomic mass is 19.1. The maximum atomic E-state index is 13.0. The zero-order valence-corrected chi connectivity index (χ0v) is 12.0. The lowest BCUT2D eigenvalue weighted by atomic mass is 10.1. The van der Waals surface area contributed by atoms with Gasteiger partial charge in [0.2, 0.25) is 0 Å². The van der Waals surface area contributed by atoms with Crippen molar-refractivity contribution in [2.24, 2.45) is 0 Å². The predicted octanol–water partition coefficient (Wildman–Crippen LogP) is 2.10. The monoisotopic (exact) mass is 313 g/mol. The molecule has 0 atom stereocenters. The molecule has 2 aromatic carbocycles. The Bertz CT molecular complexity index is 803. The molecule has 0 unspecified atom stereocenters. The van der Waals surface area contributed by atoms with Crippen molar-refractivity contribution >= 4 is 23.3 Å². The van der Waals surface area contributed by atoms with Crippen molar-refractivity contribution < 1.29 is 23.5 Å². The molecule has 0 aromatic heterocycles. The molecule has 1 heterocycles. The number of benzene rings is 2. The van der Waals surface area contributed by atoms with Crippen LogP contribution >= 0.6 is 0 Å². The quantitative estimate of drug-likeness (QED) is 0.640. The van der Waals surface area contributed by atoms with Crippen LogP contribution in [0.3, 0.4) is 0 Å². The number of esters is 1. The summed E-state index contributed by atoms with van der Waals surface area (Å²) in [4.78, 5) is 36.7. The van der Waals surface area contributed by atoms with Gasteiger partial charge in [-0.1, -0.05) is 24.3 Å². The van der Waals surface area contributed by atoms with Gasteiger partial charge in [0, 0.05) is 0 Å². The molecule has 5 nitrogen and oxygen atoms in total. The number of hydrogen-bond acceptors (Lipinski definition) is 4. The summed E-state index contributed by atoms with van der Waals surface area (Å²) < 4.78 is 18.1. The first-order valence-electron chi connectivity index (χ1n) is 6.91. The lowest BCUT2D eigenvalue weighted by Crippen LogP contribution is -2.35. The number of ether oxygens (including phenoxy) is 1. The van der Waals surface area contributed by atoms with E-state index in [1.165, 1.54) is 24.3 Å². The van der Waals surface area contributed by atoms with Crippen LogP contribution in [0.2, 0.25) is 0 Å². The number of carbonyl (C=O) groups is 3. The Kier molecular flexibility index (Phi) is 3.89. The molecule has 0 radical (unpaired) electrons. The summed E-state index contributed by atoms with van der Waals surface area (Å²) in [6.45, 7) is -0.467. The number of ketones is 1. The van der Waals surface area contributed by atoms with Gasteiger partial charge < -0.3 is 4.74 Å². The van der Waals surface area contributed by atoms with Crippen LogP contribution in [0.1, 0.15) is 15.9 Å². The van der Waals surface area contributed by atoms with Gasteiger partial charge in [0.15, 0.2) is 0 Å². The molecular formula is C17H12FNO4. The highest BCUT2D eigenvalue weighted by Gasteiger charge is 2.36. The maximum absolute atomic E-state index is 13.0. The minimum atomic E-state index is -0.756. The molecule has 0 N–H and O–H groups in total. The van der Waals surface area contributed by atoms with E-state index in [9.17, 15) is 18.8 Å². The molecule has 0 saturated heterocycles. The fourth-order valence-corrected chi connectivity index (χ4v) is 2.37. The molecule has 0 bridgehead atoms. The van der Waals surface area contributed by atoms with E-state index in [0.29, 0.717) is 11.3 Å². The van der Waals surface area contributed by atoms with Gasteiger partial charge in [-0.2, -0.15) is 0 Å². The average molecular weight is 313 g/mol. The fraction of sp³-hybridized carbons (Fsp3) is 0.118. The topological polar surface area (TPSA) is 63.7 Å². The highest BCUT2D eigenvalue weighted by molar-refractivity contribution is 6.52. The smallest absolute Gasteiger partial charge is 0.326 e. The Morgan fingerprint density at radius 3 is 2.65 bits per heavy atom. The van der Waals surface area contributed by atoms with Gasteiger partial charge in [-0.05, 0) is 29.8 Å². The van der Waals surface area contributed by atoms with Crippen LogP contribution in [0.25, 0.3) is 0 Å². The van der Waals surface area contributed by atoms with Crippen molar-refractivity contribution in [1.29, 1.82) is 0 Å². The first-order valence-corrected chi connectivity index (χ1v) is 6.91. The van der Waals surface area contributed by atoms with Crippen LogP contribution in [-0.2, 0) is 20.9 Å². The van der Waals surface area contributed by atoms with Crippen LogP contribution in [0.5, 0.6) is 0 Å². The average Bonchev–Trinajstić information content (AvgIpc) is 2.79. The van der Waals surface area contributed by atoms with Gasteiger partial charge in [0.25, 0.3) is 11.7 Å². The molecule has 1 aliphatic heterocycles. The van der Waals surface area contributed by atoms with Gasteiger partial charge in [0.1, 0.15) is 19.0 Å². The summed E-state index contributed by atoms with van der Waals surface area (Å²) in [6, 6.07) is 12.1. The normalized spacial score (nSPS) is 13.2. The molecule has 1 amide bonds. The number of Topliss-reactive ketones (excluding diaryl/α,β-unsaturated/α-hetero) is 1. The van der Waals surface area contributed by atoms with Crippen molar-refractivity contribution in [1.82, 2.24) is 0 Å². The maximum Gasteiger partial charge on any atom is 0.326 e. The summed E-state index contributed by atoms with van der Waals surface area (Å²) in [6.07, 6.45) is 0. The zero-order valence-electron chi connectivity index (χ0n) is 12.0. The minimum Gasteiger partial charge on any atom is -0.459 e. The largest absolute Gasteiger partial charge is 0.459 e. The number of hydrogen-bond donors (Lipinski definition) is 0. The van der Waals surface area contributed by atoms with Gasteiger partial charge >= 0.3 is 5.97 Å². The second-order valence-electron chi connectivity index (χ2n) is 5.03. The summed E-state index contributed by atoms with van der Waals surface area (Å²) in [7, 11) is 0.